The number of halogens is 1. The van der Waals surface area contributed by atoms with Crippen LogP contribution in [0.4, 0.5) is 0 Å². The molecule has 0 radical (unpaired) electrons. The van der Waals surface area contributed by atoms with Crippen LogP contribution in [0.5, 0.6) is 0 Å². The highest BCUT2D eigenvalue weighted by atomic mass is 35.5. The largest absolute Gasteiger partial charge is 0.465 e. The highest BCUT2D eigenvalue weighted by Crippen LogP contribution is 2.48. The van der Waals surface area contributed by atoms with Gasteiger partial charge in [-0.3, -0.25) is 9.36 Å². The van der Waals surface area contributed by atoms with Gasteiger partial charge in [0.05, 0.1) is 19.4 Å². The lowest BCUT2D eigenvalue weighted by Crippen LogP contribution is -2.33. The minimum absolute atomic E-state index is 0. The average molecular weight is 306 g/mol. The molecular formula is C9H21ClNO6P. The fourth-order valence-electron chi connectivity index (χ4n) is 0.956. The van der Waals surface area contributed by atoms with Crippen LogP contribution in [0.15, 0.2) is 0 Å². The zero-order valence-corrected chi connectivity index (χ0v) is 12.5. The Morgan fingerprint density at radius 3 is 2.39 bits per heavy atom. The van der Waals surface area contributed by atoms with Crippen LogP contribution < -0.4 is 5.73 Å². The molecule has 0 heterocycles. The third kappa shape index (κ3) is 8.02. The number of ether oxygens (including phenoxy) is 1. The van der Waals surface area contributed by atoms with Crippen molar-refractivity contribution in [3.63, 3.8) is 0 Å². The van der Waals surface area contributed by atoms with E-state index in [0.717, 1.165) is 0 Å². The lowest BCUT2D eigenvalue weighted by Gasteiger charge is -2.16. The monoisotopic (exact) mass is 305 g/mol. The van der Waals surface area contributed by atoms with Gasteiger partial charge < -0.3 is 15.0 Å². The second-order valence-electron chi connectivity index (χ2n) is 3.15. The van der Waals surface area contributed by atoms with Crippen LogP contribution in [0.3, 0.4) is 0 Å². The Morgan fingerprint density at radius 2 is 1.94 bits per heavy atom. The van der Waals surface area contributed by atoms with E-state index in [2.05, 4.69) is 9.56 Å². The molecule has 0 spiro atoms. The predicted molar refractivity (Wildman–Crippen MR) is 68.7 cm³/mol. The summed E-state index contributed by atoms with van der Waals surface area (Å²) in [5.74, 6) is -0.536. The van der Waals surface area contributed by atoms with Gasteiger partial charge >= 0.3 is 13.6 Å². The average Bonchev–Trinajstić information content (AvgIpc) is 2.33. The summed E-state index contributed by atoms with van der Waals surface area (Å²) in [6.45, 7) is 3.87. The van der Waals surface area contributed by atoms with Crippen LogP contribution in [0.25, 0.3) is 0 Å². The van der Waals surface area contributed by atoms with Gasteiger partial charge in [0.15, 0.2) is 0 Å². The zero-order valence-electron chi connectivity index (χ0n) is 10.8. The highest BCUT2D eigenvalue weighted by molar-refractivity contribution is 7.53. The first-order chi connectivity index (χ1) is 7.99. The maximum atomic E-state index is 11.8. The fourth-order valence-corrected chi connectivity index (χ4v) is 2.13. The molecule has 0 fully saturated rings. The molecular weight excluding hydrogens is 285 g/mol. The Morgan fingerprint density at radius 1 is 1.33 bits per heavy atom. The molecule has 0 aliphatic heterocycles. The Balaban J connectivity index is 0. The van der Waals surface area contributed by atoms with E-state index in [1.165, 1.54) is 7.11 Å². The van der Waals surface area contributed by atoms with Crippen molar-refractivity contribution in [2.75, 3.05) is 26.5 Å². The van der Waals surface area contributed by atoms with Crippen LogP contribution in [0, 0.1) is 0 Å². The number of rotatable bonds is 9. The molecule has 18 heavy (non-hydrogen) atoms. The van der Waals surface area contributed by atoms with E-state index < -0.39 is 19.6 Å². The maximum Gasteiger partial charge on any atom is 0.357 e. The summed E-state index contributed by atoms with van der Waals surface area (Å²) in [6, 6.07) is -0.844. The molecule has 2 atom stereocenters. The molecule has 0 amide bonds. The first-order valence-corrected chi connectivity index (χ1v) is 7.10. The predicted octanol–water partition coefficient (Wildman–Crippen LogP) is 1.50. The molecule has 0 aliphatic rings. The lowest BCUT2D eigenvalue weighted by atomic mass is 10.2. The molecule has 1 unspecified atom stereocenters. The third-order valence-electron chi connectivity index (χ3n) is 1.87. The highest BCUT2D eigenvalue weighted by Gasteiger charge is 2.27. The van der Waals surface area contributed by atoms with Crippen LogP contribution in [-0.2, 0) is 28.2 Å². The number of nitrogens with two attached hydrogens (primary N) is 1. The summed E-state index contributed by atoms with van der Waals surface area (Å²) in [4.78, 5) is 15.8. The van der Waals surface area contributed by atoms with Crippen molar-refractivity contribution in [1.29, 1.82) is 0 Å². The first-order valence-electron chi connectivity index (χ1n) is 5.37. The third-order valence-corrected chi connectivity index (χ3v) is 3.56. The lowest BCUT2D eigenvalue weighted by molar-refractivity contribution is -0.209. The van der Waals surface area contributed by atoms with E-state index >= 15 is 0 Å². The van der Waals surface area contributed by atoms with Crippen LogP contribution in [0.2, 0.25) is 0 Å². The molecule has 7 nitrogen and oxygen atoms in total. The van der Waals surface area contributed by atoms with Crippen LogP contribution in [0.1, 0.15) is 20.3 Å². The van der Waals surface area contributed by atoms with Crippen molar-refractivity contribution in [2.45, 2.75) is 26.3 Å². The first kappa shape index (κ1) is 20.2. The molecule has 9 heteroatoms. The molecule has 0 bridgehead atoms. The molecule has 2 N–H and O–H groups in total. The van der Waals surface area contributed by atoms with E-state index in [4.69, 9.17) is 15.0 Å². The number of carbonyl (C=O) groups is 1. The summed E-state index contributed by atoms with van der Waals surface area (Å²) in [5, 5.41) is 0. The molecule has 0 aromatic heterocycles. The van der Waals surface area contributed by atoms with E-state index in [1.807, 2.05) is 0 Å². The standard InChI is InChI=1S/C9H20NO6P.ClH/c1-4-14-9(11)8(10)6-7-17(12,13-3)16-15-5-2;/h8H,4-7,10H2,1-3H3;1H/t8-,17?;/m0./s1. The van der Waals surface area contributed by atoms with Crippen molar-refractivity contribution < 1.29 is 28.2 Å². The number of carbonyl (C=O) groups excluding carboxylic acids is 1. The van der Waals surface area contributed by atoms with E-state index in [1.54, 1.807) is 13.8 Å². The number of hydrogen-bond donors (Lipinski definition) is 1. The van der Waals surface area contributed by atoms with E-state index in [0.29, 0.717) is 0 Å². The van der Waals surface area contributed by atoms with Gasteiger partial charge in [0.2, 0.25) is 0 Å². The number of hydrogen-bond acceptors (Lipinski definition) is 7. The molecule has 0 rings (SSSR count). The van der Waals surface area contributed by atoms with Gasteiger partial charge in [-0.15, -0.1) is 17.1 Å². The molecule has 0 aliphatic carbocycles. The van der Waals surface area contributed by atoms with Crippen molar-refractivity contribution >= 4 is 26.0 Å². The second-order valence-corrected chi connectivity index (χ2v) is 5.33. The van der Waals surface area contributed by atoms with Gasteiger partial charge in [0, 0.05) is 7.11 Å². The maximum absolute atomic E-state index is 11.8. The van der Waals surface area contributed by atoms with Crippen molar-refractivity contribution in [3.8, 4) is 0 Å². The van der Waals surface area contributed by atoms with Gasteiger partial charge in [-0.05, 0) is 20.3 Å². The summed E-state index contributed by atoms with van der Waals surface area (Å²) in [5.41, 5.74) is 5.55. The molecule has 0 saturated heterocycles. The van der Waals surface area contributed by atoms with Crippen molar-refractivity contribution in [1.82, 2.24) is 0 Å². The van der Waals surface area contributed by atoms with Gasteiger partial charge in [0.25, 0.3) is 0 Å². The zero-order chi connectivity index (χ0) is 13.3. The molecule has 0 aromatic carbocycles. The normalized spacial score (nSPS) is 15.3. The topological polar surface area (TPSA) is 97.1 Å². The van der Waals surface area contributed by atoms with E-state index in [-0.39, 0.29) is 38.2 Å². The number of esters is 1. The minimum atomic E-state index is -3.34. The molecule has 0 saturated carbocycles. The van der Waals surface area contributed by atoms with E-state index in [9.17, 15) is 9.36 Å². The summed E-state index contributed by atoms with van der Waals surface area (Å²) < 4.78 is 25.9. The van der Waals surface area contributed by atoms with Gasteiger partial charge in [0.1, 0.15) is 6.04 Å². The van der Waals surface area contributed by atoms with Crippen LogP contribution >= 0.6 is 20.0 Å². The molecule has 0 aromatic rings. The minimum Gasteiger partial charge on any atom is -0.465 e. The quantitative estimate of drug-likeness (QED) is 0.298. The van der Waals surface area contributed by atoms with Gasteiger partial charge in [-0.1, -0.05) is 0 Å². The smallest absolute Gasteiger partial charge is 0.357 e. The summed E-state index contributed by atoms with van der Waals surface area (Å²) >= 11 is 0. The Kier molecular flexibility index (Phi) is 12.0. The summed E-state index contributed by atoms with van der Waals surface area (Å²) in [6.07, 6.45) is 0.126. The fraction of sp³-hybridized carbons (Fsp3) is 0.889. The van der Waals surface area contributed by atoms with Crippen molar-refractivity contribution in [2.24, 2.45) is 5.73 Å². The van der Waals surface area contributed by atoms with Gasteiger partial charge in [-0.25, -0.2) is 4.89 Å². The Hall–Kier alpha value is -0.170. The Bertz CT molecular complexity index is 278. The van der Waals surface area contributed by atoms with Gasteiger partial charge in [-0.2, -0.15) is 0 Å². The SMILES string of the molecule is CCOOP(=O)(CC[C@H](N)C(=O)OCC)OC.Cl. The van der Waals surface area contributed by atoms with Crippen LogP contribution in [-0.4, -0.2) is 38.5 Å². The Labute approximate surface area is 113 Å². The summed E-state index contributed by atoms with van der Waals surface area (Å²) in [7, 11) is -2.09. The van der Waals surface area contributed by atoms with Crippen molar-refractivity contribution in [3.05, 3.63) is 0 Å². The molecule has 110 valence electrons. The second kappa shape index (κ2) is 10.7.